The molecule has 0 fully saturated rings. The Balaban J connectivity index is 1.85. The van der Waals surface area contributed by atoms with Crippen LogP contribution >= 0.6 is 0 Å². The number of aromatic hydroxyl groups is 2. The molecule has 0 amide bonds. The predicted octanol–water partition coefficient (Wildman–Crippen LogP) is 2.36. The van der Waals surface area contributed by atoms with Crippen molar-refractivity contribution in [3.63, 3.8) is 0 Å². The van der Waals surface area contributed by atoms with E-state index in [0.29, 0.717) is 12.1 Å². The maximum absolute atomic E-state index is 10.3. The van der Waals surface area contributed by atoms with Gasteiger partial charge in [0.1, 0.15) is 5.75 Å². The second-order valence-corrected chi connectivity index (χ2v) is 5.53. The molecule has 0 heterocycles. The first-order valence-corrected chi connectivity index (χ1v) is 7.57. The van der Waals surface area contributed by atoms with Gasteiger partial charge in [0, 0.05) is 6.04 Å². The van der Waals surface area contributed by atoms with Gasteiger partial charge in [-0.2, -0.15) is 0 Å². The quantitative estimate of drug-likeness (QED) is 0.589. The highest BCUT2D eigenvalue weighted by Crippen LogP contribution is 2.28. The number of aliphatic hydroxyl groups excluding tert-OH is 1. The first-order chi connectivity index (χ1) is 11.0. The summed E-state index contributed by atoms with van der Waals surface area (Å²) in [5.74, 6) is 0.408. The number of phenolic OH excluding ortho intramolecular Hbond substituents is 2. The highest BCUT2D eigenvalue weighted by atomic mass is 16.5. The number of methoxy groups -OCH3 is 1. The topological polar surface area (TPSA) is 82.0 Å². The average molecular weight is 317 g/mol. The van der Waals surface area contributed by atoms with Gasteiger partial charge >= 0.3 is 0 Å². The molecule has 4 N–H and O–H groups in total. The van der Waals surface area contributed by atoms with Gasteiger partial charge < -0.3 is 25.4 Å². The smallest absolute Gasteiger partial charge is 0.157 e. The SMILES string of the molecule is COc1ccc(CCNC(C)C(O)c2ccc(O)c(O)c2)cc1. The third kappa shape index (κ3) is 4.61. The molecule has 0 aromatic heterocycles. The minimum absolute atomic E-state index is 0.183. The number of rotatable bonds is 7. The highest BCUT2D eigenvalue weighted by molar-refractivity contribution is 5.41. The molecule has 2 unspecified atom stereocenters. The lowest BCUT2D eigenvalue weighted by atomic mass is 10.0. The fraction of sp³-hybridized carbons (Fsp3) is 0.333. The number of aliphatic hydroxyl groups is 1. The lowest BCUT2D eigenvalue weighted by molar-refractivity contribution is 0.136. The molecule has 124 valence electrons. The number of benzene rings is 2. The first kappa shape index (κ1) is 17.1. The Morgan fingerprint density at radius 3 is 2.35 bits per heavy atom. The van der Waals surface area contributed by atoms with Gasteiger partial charge in [-0.3, -0.25) is 0 Å². The molecular formula is C18H23NO4. The van der Waals surface area contributed by atoms with Crippen LogP contribution in [-0.2, 0) is 6.42 Å². The van der Waals surface area contributed by atoms with Crippen molar-refractivity contribution in [1.82, 2.24) is 5.32 Å². The molecule has 0 aliphatic rings. The van der Waals surface area contributed by atoms with Crippen molar-refractivity contribution in [2.45, 2.75) is 25.5 Å². The molecule has 0 aliphatic heterocycles. The molecule has 5 nitrogen and oxygen atoms in total. The van der Waals surface area contributed by atoms with Gasteiger partial charge in [0.25, 0.3) is 0 Å². The van der Waals surface area contributed by atoms with Gasteiger partial charge in [-0.25, -0.2) is 0 Å². The number of hydrogen-bond donors (Lipinski definition) is 4. The van der Waals surface area contributed by atoms with Gasteiger partial charge in [0.15, 0.2) is 11.5 Å². The number of nitrogens with one attached hydrogen (secondary N) is 1. The summed E-state index contributed by atoms with van der Waals surface area (Å²) in [7, 11) is 1.64. The Labute approximate surface area is 136 Å². The number of ether oxygens (including phenoxy) is 1. The van der Waals surface area contributed by atoms with Crippen LogP contribution in [0.15, 0.2) is 42.5 Å². The van der Waals surface area contributed by atoms with E-state index >= 15 is 0 Å². The van der Waals surface area contributed by atoms with E-state index in [-0.39, 0.29) is 17.5 Å². The normalized spacial score (nSPS) is 13.5. The van der Waals surface area contributed by atoms with Gasteiger partial charge in [-0.1, -0.05) is 18.2 Å². The number of hydrogen-bond acceptors (Lipinski definition) is 5. The first-order valence-electron chi connectivity index (χ1n) is 7.57. The van der Waals surface area contributed by atoms with Crippen LogP contribution in [0.25, 0.3) is 0 Å². The van der Waals surface area contributed by atoms with Gasteiger partial charge in [0.2, 0.25) is 0 Å². The van der Waals surface area contributed by atoms with E-state index in [0.717, 1.165) is 12.2 Å². The molecular weight excluding hydrogens is 294 g/mol. The fourth-order valence-corrected chi connectivity index (χ4v) is 2.36. The van der Waals surface area contributed by atoms with Crippen molar-refractivity contribution >= 4 is 0 Å². The highest BCUT2D eigenvalue weighted by Gasteiger charge is 2.17. The molecule has 2 atom stereocenters. The van der Waals surface area contributed by atoms with E-state index in [9.17, 15) is 15.3 Å². The van der Waals surface area contributed by atoms with Crippen molar-refractivity contribution in [2.24, 2.45) is 0 Å². The summed E-state index contributed by atoms with van der Waals surface area (Å²) >= 11 is 0. The fourth-order valence-electron chi connectivity index (χ4n) is 2.36. The zero-order valence-electron chi connectivity index (χ0n) is 13.4. The van der Waals surface area contributed by atoms with Crippen LogP contribution in [-0.4, -0.2) is 35.0 Å². The Hall–Kier alpha value is -2.24. The Kier molecular flexibility index (Phi) is 5.84. The predicted molar refractivity (Wildman–Crippen MR) is 88.9 cm³/mol. The van der Waals surface area contributed by atoms with Crippen molar-refractivity contribution in [1.29, 1.82) is 0 Å². The van der Waals surface area contributed by atoms with Gasteiger partial charge in [-0.15, -0.1) is 0 Å². The number of phenols is 2. The summed E-state index contributed by atoms with van der Waals surface area (Å²) in [5, 5.41) is 32.4. The Bertz CT molecular complexity index is 627. The summed E-state index contributed by atoms with van der Waals surface area (Å²) in [6.45, 7) is 2.59. The molecule has 0 aliphatic carbocycles. The van der Waals surface area contributed by atoms with Crippen LogP contribution in [0.3, 0.4) is 0 Å². The maximum Gasteiger partial charge on any atom is 0.157 e. The molecule has 23 heavy (non-hydrogen) atoms. The monoisotopic (exact) mass is 317 g/mol. The molecule has 0 spiro atoms. The van der Waals surface area contributed by atoms with Gasteiger partial charge in [-0.05, 0) is 55.3 Å². The van der Waals surface area contributed by atoms with E-state index in [2.05, 4.69) is 5.32 Å². The Morgan fingerprint density at radius 2 is 1.74 bits per heavy atom. The van der Waals surface area contributed by atoms with Crippen LogP contribution in [0, 0.1) is 0 Å². The minimum atomic E-state index is -0.766. The second kappa shape index (κ2) is 7.85. The molecule has 2 aromatic rings. The van der Waals surface area contributed by atoms with Crippen LogP contribution < -0.4 is 10.1 Å². The zero-order valence-corrected chi connectivity index (χ0v) is 13.4. The van der Waals surface area contributed by atoms with Crippen LogP contribution in [0.2, 0.25) is 0 Å². The Morgan fingerprint density at radius 1 is 1.04 bits per heavy atom. The van der Waals surface area contributed by atoms with E-state index in [4.69, 9.17) is 4.74 Å². The third-order valence-electron chi connectivity index (χ3n) is 3.85. The summed E-state index contributed by atoms with van der Waals surface area (Å²) in [4.78, 5) is 0. The van der Waals surface area contributed by atoms with Crippen LogP contribution in [0.1, 0.15) is 24.2 Å². The van der Waals surface area contributed by atoms with Crippen molar-refractivity contribution in [2.75, 3.05) is 13.7 Å². The summed E-state index contributed by atoms with van der Waals surface area (Å²) < 4.78 is 5.12. The van der Waals surface area contributed by atoms with Crippen LogP contribution in [0.5, 0.6) is 17.2 Å². The van der Waals surface area contributed by atoms with E-state index < -0.39 is 6.10 Å². The molecule has 2 aromatic carbocycles. The third-order valence-corrected chi connectivity index (χ3v) is 3.85. The second-order valence-electron chi connectivity index (χ2n) is 5.53. The summed E-state index contributed by atoms with van der Waals surface area (Å²) in [6, 6.07) is 12.0. The molecule has 5 heteroatoms. The minimum Gasteiger partial charge on any atom is -0.504 e. The van der Waals surface area contributed by atoms with E-state index in [1.165, 1.54) is 17.7 Å². The molecule has 0 radical (unpaired) electrons. The van der Waals surface area contributed by atoms with Crippen LogP contribution in [0.4, 0.5) is 0 Å². The maximum atomic E-state index is 10.3. The van der Waals surface area contributed by atoms with E-state index in [1.54, 1.807) is 13.2 Å². The molecule has 0 saturated carbocycles. The van der Waals surface area contributed by atoms with Crippen molar-refractivity contribution < 1.29 is 20.1 Å². The largest absolute Gasteiger partial charge is 0.504 e. The van der Waals surface area contributed by atoms with Crippen molar-refractivity contribution in [3.8, 4) is 17.2 Å². The molecule has 2 rings (SSSR count). The summed E-state index contributed by atoms with van der Waals surface area (Å²) in [5.41, 5.74) is 1.74. The lowest BCUT2D eigenvalue weighted by Crippen LogP contribution is -2.33. The van der Waals surface area contributed by atoms with Crippen molar-refractivity contribution in [3.05, 3.63) is 53.6 Å². The standard InChI is InChI=1S/C18H23NO4/c1-12(18(22)14-5-8-16(20)17(21)11-14)19-10-9-13-3-6-15(23-2)7-4-13/h3-8,11-12,18-22H,9-10H2,1-2H3. The molecule has 0 saturated heterocycles. The molecule has 0 bridgehead atoms. The van der Waals surface area contributed by atoms with E-state index in [1.807, 2.05) is 31.2 Å². The summed E-state index contributed by atoms with van der Waals surface area (Å²) in [6.07, 6.45) is 0.0689. The van der Waals surface area contributed by atoms with Gasteiger partial charge in [0.05, 0.1) is 13.2 Å². The lowest BCUT2D eigenvalue weighted by Gasteiger charge is -2.21. The average Bonchev–Trinajstić information content (AvgIpc) is 2.57. The zero-order chi connectivity index (χ0) is 16.8.